The topological polar surface area (TPSA) is 49.5 Å². The van der Waals surface area contributed by atoms with Crippen molar-refractivity contribution in [1.29, 1.82) is 0 Å². The molecule has 0 aromatic rings. The second-order valence-corrected chi connectivity index (χ2v) is 4.86. The van der Waals surface area contributed by atoms with Gasteiger partial charge in [-0.3, -0.25) is 0 Å². The van der Waals surface area contributed by atoms with Crippen LogP contribution in [0.2, 0.25) is 0 Å². The van der Waals surface area contributed by atoms with E-state index in [1.165, 1.54) is 32.4 Å². The molecule has 3 N–H and O–H groups in total. The Hall–Kier alpha value is -0.120. The van der Waals surface area contributed by atoms with E-state index >= 15 is 0 Å². The highest BCUT2D eigenvalue weighted by molar-refractivity contribution is 4.92. The van der Waals surface area contributed by atoms with Crippen molar-refractivity contribution in [3.63, 3.8) is 0 Å². The molecule has 14 heavy (non-hydrogen) atoms. The Labute approximate surface area is 86.3 Å². The van der Waals surface area contributed by atoms with E-state index in [0.717, 1.165) is 24.8 Å². The monoisotopic (exact) mass is 198 g/mol. The second-order valence-electron chi connectivity index (χ2n) is 4.86. The van der Waals surface area contributed by atoms with E-state index in [-0.39, 0.29) is 0 Å². The predicted molar refractivity (Wildman–Crippen MR) is 56.9 cm³/mol. The van der Waals surface area contributed by atoms with Crippen molar-refractivity contribution in [2.75, 3.05) is 26.2 Å². The molecule has 2 fully saturated rings. The first-order valence-corrected chi connectivity index (χ1v) is 5.90. The van der Waals surface area contributed by atoms with Gasteiger partial charge >= 0.3 is 0 Å². The number of rotatable bonds is 3. The summed E-state index contributed by atoms with van der Waals surface area (Å²) in [6.07, 6.45) is 4.81. The maximum absolute atomic E-state index is 8.79. The molecule has 1 saturated heterocycles. The molecule has 1 aliphatic heterocycles. The summed E-state index contributed by atoms with van der Waals surface area (Å²) >= 11 is 0. The van der Waals surface area contributed by atoms with Gasteiger partial charge in [0.05, 0.1) is 0 Å². The van der Waals surface area contributed by atoms with Gasteiger partial charge in [-0.25, -0.2) is 0 Å². The third kappa shape index (κ3) is 2.10. The summed E-state index contributed by atoms with van der Waals surface area (Å²) in [5.74, 6) is 1.58. The maximum atomic E-state index is 8.79. The molecular weight excluding hydrogens is 176 g/mol. The number of hydrogen-bond acceptors (Lipinski definition) is 3. The fraction of sp³-hybridized carbons (Fsp3) is 1.00. The molecule has 3 atom stereocenters. The first-order chi connectivity index (χ1) is 6.81. The minimum Gasteiger partial charge on any atom is -0.396 e. The number of likely N-dealkylation sites (tertiary alicyclic amines) is 1. The summed E-state index contributed by atoms with van der Waals surface area (Å²) in [7, 11) is 0. The van der Waals surface area contributed by atoms with Crippen LogP contribution in [0, 0.1) is 11.8 Å². The lowest BCUT2D eigenvalue weighted by Crippen LogP contribution is -2.38. The fourth-order valence-corrected chi connectivity index (χ4v) is 3.09. The summed E-state index contributed by atoms with van der Waals surface area (Å²) < 4.78 is 0. The molecule has 3 nitrogen and oxygen atoms in total. The van der Waals surface area contributed by atoms with Crippen molar-refractivity contribution in [3.8, 4) is 0 Å². The van der Waals surface area contributed by atoms with Crippen molar-refractivity contribution in [2.24, 2.45) is 17.6 Å². The number of nitrogens with zero attached hydrogens (tertiary/aromatic N) is 1. The zero-order valence-corrected chi connectivity index (χ0v) is 8.86. The molecule has 3 unspecified atom stereocenters. The van der Waals surface area contributed by atoms with Crippen molar-refractivity contribution >= 4 is 0 Å². The first kappa shape index (κ1) is 10.4. The molecule has 82 valence electrons. The molecule has 0 bridgehead atoms. The van der Waals surface area contributed by atoms with E-state index in [0.29, 0.717) is 12.6 Å². The predicted octanol–water partition coefficient (Wildman–Crippen LogP) is 0.428. The van der Waals surface area contributed by atoms with Crippen LogP contribution in [0.3, 0.4) is 0 Å². The SMILES string of the molecule is NC1CCCC2CN(CCCO)CC12. The van der Waals surface area contributed by atoms with Gasteiger partial charge in [0.1, 0.15) is 0 Å². The van der Waals surface area contributed by atoms with Crippen LogP contribution in [0.15, 0.2) is 0 Å². The minimum absolute atomic E-state index is 0.317. The zero-order chi connectivity index (χ0) is 9.97. The van der Waals surface area contributed by atoms with Crippen molar-refractivity contribution in [1.82, 2.24) is 4.90 Å². The number of nitrogens with two attached hydrogens (primary N) is 1. The van der Waals surface area contributed by atoms with Gasteiger partial charge in [0.25, 0.3) is 0 Å². The minimum atomic E-state index is 0.317. The second kappa shape index (κ2) is 4.60. The molecule has 0 aromatic heterocycles. The molecule has 0 amide bonds. The molecule has 2 rings (SSSR count). The molecular formula is C11H22N2O. The van der Waals surface area contributed by atoms with E-state index in [2.05, 4.69) is 4.90 Å². The molecule has 0 radical (unpaired) electrons. The number of aliphatic hydroxyl groups is 1. The summed E-state index contributed by atoms with van der Waals surface area (Å²) in [6.45, 7) is 3.76. The number of aliphatic hydroxyl groups excluding tert-OH is 1. The van der Waals surface area contributed by atoms with Gasteiger partial charge in [-0.1, -0.05) is 6.42 Å². The Kier molecular flexibility index (Phi) is 3.42. The smallest absolute Gasteiger partial charge is 0.0443 e. The van der Waals surface area contributed by atoms with Crippen molar-refractivity contribution in [3.05, 3.63) is 0 Å². The summed E-state index contributed by atoms with van der Waals surface area (Å²) in [5.41, 5.74) is 6.13. The highest BCUT2D eigenvalue weighted by Gasteiger charge is 2.38. The third-order valence-corrected chi connectivity index (χ3v) is 3.86. The molecule has 1 aliphatic carbocycles. The standard InChI is InChI=1S/C11H22N2O/c12-11-4-1-3-9-7-13(5-2-6-14)8-10(9)11/h9-11,14H,1-8,12H2. The van der Waals surface area contributed by atoms with Gasteiger partial charge in [-0.05, 0) is 31.1 Å². The van der Waals surface area contributed by atoms with Crippen LogP contribution < -0.4 is 5.73 Å². The number of fused-ring (bicyclic) bond motifs is 1. The van der Waals surface area contributed by atoms with Crippen molar-refractivity contribution < 1.29 is 5.11 Å². The van der Waals surface area contributed by atoms with Gasteiger partial charge in [0.15, 0.2) is 0 Å². The van der Waals surface area contributed by atoms with Crippen molar-refractivity contribution in [2.45, 2.75) is 31.7 Å². The van der Waals surface area contributed by atoms with Crippen LogP contribution in [-0.2, 0) is 0 Å². The summed E-state index contributed by atoms with van der Waals surface area (Å²) in [6, 6.07) is 0.438. The van der Waals surface area contributed by atoms with Gasteiger partial charge in [0, 0.05) is 32.3 Å². The molecule has 0 aromatic carbocycles. The molecule has 1 heterocycles. The van der Waals surface area contributed by atoms with Crippen LogP contribution in [0.1, 0.15) is 25.7 Å². The van der Waals surface area contributed by atoms with Crippen LogP contribution >= 0.6 is 0 Å². The Morgan fingerprint density at radius 2 is 2.14 bits per heavy atom. The van der Waals surface area contributed by atoms with Crippen LogP contribution in [0.25, 0.3) is 0 Å². The number of hydrogen-bond donors (Lipinski definition) is 2. The summed E-state index contributed by atoms with van der Waals surface area (Å²) in [4.78, 5) is 2.48. The van der Waals surface area contributed by atoms with E-state index in [1.807, 2.05) is 0 Å². The van der Waals surface area contributed by atoms with Crippen LogP contribution in [0.5, 0.6) is 0 Å². The zero-order valence-electron chi connectivity index (χ0n) is 8.86. The highest BCUT2D eigenvalue weighted by Crippen LogP contribution is 2.35. The molecule has 1 saturated carbocycles. The maximum Gasteiger partial charge on any atom is 0.0443 e. The highest BCUT2D eigenvalue weighted by atomic mass is 16.3. The van der Waals surface area contributed by atoms with E-state index in [4.69, 9.17) is 10.8 Å². The lowest BCUT2D eigenvalue weighted by molar-refractivity contribution is 0.241. The van der Waals surface area contributed by atoms with Crippen LogP contribution in [-0.4, -0.2) is 42.3 Å². The fourth-order valence-electron chi connectivity index (χ4n) is 3.09. The lowest BCUT2D eigenvalue weighted by atomic mass is 9.78. The quantitative estimate of drug-likeness (QED) is 0.691. The van der Waals surface area contributed by atoms with Gasteiger partial charge in [-0.15, -0.1) is 0 Å². The third-order valence-electron chi connectivity index (χ3n) is 3.86. The Bertz CT molecular complexity index is 186. The largest absolute Gasteiger partial charge is 0.396 e. The van der Waals surface area contributed by atoms with Gasteiger partial charge in [-0.2, -0.15) is 0 Å². The molecule has 3 heteroatoms. The Balaban J connectivity index is 1.84. The average Bonchev–Trinajstić information content (AvgIpc) is 2.59. The Morgan fingerprint density at radius 1 is 1.29 bits per heavy atom. The first-order valence-electron chi connectivity index (χ1n) is 5.90. The molecule has 2 aliphatic rings. The Morgan fingerprint density at radius 3 is 2.86 bits per heavy atom. The van der Waals surface area contributed by atoms with E-state index in [1.54, 1.807) is 0 Å². The van der Waals surface area contributed by atoms with Crippen LogP contribution in [0.4, 0.5) is 0 Å². The van der Waals surface area contributed by atoms with Gasteiger partial charge < -0.3 is 15.7 Å². The van der Waals surface area contributed by atoms with Gasteiger partial charge in [0.2, 0.25) is 0 Å². The molecule has 0 spiro atoms. The summed E-state index contributed by atoms with van der Waals surface area (Å²) in [5, 5.41) is 8.79. The normalized spacial score (nSPS) is 38.6. The average molecular weight is 198 g/mol. The lowest BCUT2D eigenvalue weighted by Gasteiger charge is -2.29. The van der Waals surface area contributed by atoms with E-state index < -0.39 is 0 Å². The van der Waals surface area contributed by atoms with E-state index in [9.17, 15) is 0 Å².